The second-order valence-corrected chi connectivity index (χ2v) is 7.29. The Labute approximate surface area is 173 Å². The van der Waals surface area contributed by atoms with Gasteiger partial charge < -0.3 is 14.6 Å². The number of methoxy groups -OCH3 is 1. The number of Topliss-reactive ketones (excluding diaryl/α,β-unsaturated/α-hetero) is 1. The van der Waals surface area contributed by atoms with Crippen molar-refractivity contribution in [2.24, 2.45) is 5.92 Å². The average molecular weight is 457 g/mol. The summed E-state index contributed by atoms with van der Waals surface area (Å²) in [6, 6.07) is 4.81. The van der Waals surface area contributed by atoms with Gasteiger partial charge in [-0.1, -0.05) is 6.07 Å². The van der Waals surface area contributed by atoms with Crippen molar-refractivity contribution >= 4 is 11.8 Å². The predicted octanol–water partition coefficient (Wildman–Crippen LogP) is 4.34. The number of carbonyl (C=O) groups is 2. The van der Waals surface area contributed by atoms with E-state index in [-0.39, 0.29) is 29.4 Å². The largest absolute Gasteiger partial charge is 0.573 e. The van der Waals surface area contributed by atoms with E-state index in [4.69, 9.17) is 14.6 Å². The highest BCUT2D eigenvalue weighted by atomic mass is 19.4. The van der Waals surface area contributed by atoms with Gasteiger partial charge in [0.05, 0.1) is 7.11 Å². The van der Waals surface area contributed by atoms with Gasteiger partial charge in [-0.05, 0) is 43.5 Å². The molecule has 3 unspecified atom stereocenters. The Morgan fingerprint density at radius 2 is 1.77 bits per heavy atom. The van der Waals surface area contributed by atoms with Crippen LogP contribution in [0.4, 0.5) is 26.3 Å². The van der Waals surface area contributed by atoms with E-state index in [1.807, 2.05) is 7.05 Å². The number of hydrogen-bond donors (Lipinski definition) is 1. The molecule has 1 aromatic carbocycles. The second-order valence-electron chi connectivity index (χ2n) is 7.29. The van der Waals surface area contributed by atoms with E-state index in [2.05, 4.69) is 9.64 Å². The zero-order chi connectivity index (χ0) is 23.6. The molecule has 0 amide bonds. The highest BCUT2D eigenvalue weighted by Crippen LogP contribution is 2.46. The Balaban J connectivity index is 0.000000423. The Hall–Kier alpha value is -2.50. The van der Waals surface area contributed by atoms with Crippen LogP contribution in [-0.2, 0) is 9.59 Å². The van der Waals surface area contributed by atoms with Gasteiger partial charge in [-0.2, -0.15) is 13.2 Å². The van der Waals surface area contributed by atoms with Gasteiger partial charge in [0.25, 0.3) is 0 Å². The number of fused-ring (bicyclic) bond motifs is 1. The first kappa shape index (κ1) is 24.8. The quantitative estimate of drug-likeness (QED) is 0.681. The lowest BCUT2D eigenvalue weighted by molar-refractivity contribution is -0.275. The van der Waals surface area contributed by atoms with Crippen molar-refractivity contribution in [3.8, 4) is 11.5 Å². The summed E-state index contributed by atoms with van der Waals surface area (Å²) < 4.78 is 78.6. The van der Waals surface area contributed by atoms with Crippen LogP contribution >= 0.6 is 0 Å². The molecule has 1 aromatic rings. The molecule has 2 fully saturated rings. The molecular formula is C19H21F6NO5. The Kier molecular flexibility index (Phi) is 7.45. The number of nitrogens with zero attached hydrogens (tertiary/aromatic N) is 1. The van der Waals surface area contributed by atoms with Gasteiger partial charge in [0.15, 0.2) is 11.5 Å². The molecule has 3 atom stereocenters. The highest BCUT2D eigenvalue weighted by molar-refractivity contribution is 5.80. The molecular weight excluding hydrogens is 436 g/mol. The van der Waals surface area contributed by atoms with E-state index in [0.29, 0.717) is 18.8 Å². The summed E-state index contributed by atoms with van der Waals surface area (Å²) in [7, 11) is 3.24. The van der Waals surface area contributed by atoms with Crippen molar-refractivity contribution in [1.29, 1.82) is 0 Å². The van der Waals surface area contributed by atoms with Crippen molar-refractivity contribution < 1.29 is 50.5 Å². The molecule has 1 aliphatic heterocycles. The lowest BCUT2D eigenvalue weighted by Gasteiger charge is -2.30. The van der Waals surface area contributed by atoms with Crippen molar-refractivity contribution in [2.75, 3.05) is 14.2 Å². The third-order valence-electron chi connectivity index (χ3n) is 5.36. The molecule has 174 valence electrons. The molecule has 0 bridgehead atoms. The molecule has 31 heavy (non-hydrogen) atoms. The second kappa shape index (κ2) is 9.33. The SMILES string of the molecule is COc1ccc(C2CC3CCC(=O)CC3N2C)cc1OC(F)(F)F.O=C(O)C(F)(F)F. The topological polar surface area (TPSA) is 76.1 Å². The molecule has 0 aromatic heterocycles. The molecule has 0 spiro atoms. The summed E-state index contributed by atoms with van der Waals surface area (Å²) in [5.41, 5.74) is 0.749. The minimum absolute atomic E-state index is 0.0209. The zero-order valence-corrected chi connectivity index (χ0v) is 16.6. The Morgan fingerprint density at radius 1 is 1.16 bits per heavy atom. The number of carboxylic acids is 1. The molecule has 1 saturated carbocycles. The summed E-state index contributed by atoms with van der Waals surface area (Å²) in [6.45, 7) is 0. The molecule has 12 heteroatoms. The number of alkyl halides is 6. The van der Waals surface area contributed by atoms with Crippen LogP contribution in [0, 0.1) is 5.92 Å². The van der Waals surface area contributed by atoms with Gasteiger partial charge >= 0.3 is 18.5 Å². The zero-order valence-electron chi connectivity index (χ0n) is 16.6. The van der Waals surface area contributed by atoms with E-state index < -0.39 is 18.5 Å². The standard InChI is InChI=1S/C17H20F3NO3.C2HF3O2/c1-21-13(7-10-3-5-12(22)9-14(10)21)11-4-6-15(23-2)16(8-11)24-17(18,19)20;3-2(4,5)1(6)7/h4,6,8,10,13-14H,3,5,7,9H2,1-2H3;(H,6,7). The molecule has 2 aliphatic rings. The normalized spacial score (nSPS) is 24.1. The number of carboxylic acid groups (broad SMARTS) is 1. The van der Waals surface area contributed by atoms with E-state index >= 15 is 0 Å². The van der Waals surface area contributed by atoms with E-state index in [0.717, 1.165) is 18.4 Å². The summed E-state index contributed by atoms with van der Waals surface area (Å²) in [5, 5.41) is 7.12. The first-order valence-corrected chi connectivity index (χ1v) is 9.20. The number of benzene rings is 1. The van der Waals surface area contributed by atoms with E-state index in [9.17, 15) is 31.1 Å². The van der Waals surface area contributed by atoms with Gasteiger partial charge in [0.1, 0.15) is 5.78 Å². The number of halogens is 6. The fraction of sp³-hybridized carbons (Fsp3) is 0.579. The van der Waals surface area contributed by atoms with Crippen molar-refractivity contribution in [2.45, 2.75) is 50.3 Å². The Bertz CT molecular complexity index is 810. The molecule has 6 nitrogen and oxygen atoms in total. The number of ketones is 1. The van der Waals surface area contributed by atoms with Gasteiger partial charge in [-0.3, -0.25) is 9.69 Å². The summed E-state index contributed by atoms with van der Waals surface area (Å²) in [6.07, 6.45) is -7.03. The van der Waals surface area contributed by atoms with E-state index in [1.54, 1.807) is 6.07 Å². The van der Waals surface area contributed by atoms with Crippen molar-refractivity contribution in [3.05, 3.63) is 23.8 Å². The highest BCUT2D eigenvalue weighted by Gasteiger charge is 2.43. The lowest BCUT2D eigenvalue weighted by Crippen LogP contribution is -2.35. The number of ether oxygens (including phenoxy) is 2. The number of hydrogen-bond acceptors (Lipinski definition) is 5. The van der Waals surface area contributed by atoms with Gasteiger partial charge in [-0.25, -0.2) is 4.79 Å². The maximum absolute atomic E-state index is 12.6. The third kappa shape index (κ3) is 6.49. The Morgan fingerprint density at radius 3 is 2.29 bits per heavy atom. The smallest absolute Gasteiger partial charge is 0.493 e. The van der Waals surface area contributed by atoms with Crippen LogP contribution in [0.3, 0.4) is 0 Å². The molecule has 1 aliphatic carbocycles. The third-order valence-corrected chi connectivity index (χ3v) is 5.36. The van der Waals surface area contributed by atoms with Gasteiger partial charge in [-0.15, -0.1) is 13.2 Å². The van der Waals surface area contributed by atoms with Crippen molar-refractivity contribution in [3.63, 3.8) is 0 Å². The number of aliphatic carboxylic acids is 1. The fourth-order valence-electron chi connectivity index (χ4n) is 3.95. The molecule has 1 saturated heterocycles. The summed E-state index contributed by atoms with van der Waals surface area (Å²) in [5.74, 6) is -2.37. The van der Waals surface area contributed by atoms with Crippen molar-refractivity contribution in [1.82, 2.24) is 4.90 Å². The van der Waals surface area contributed by atoms with Crippen LogP contribution in [0.2, 0.25) is 0 Å². The van der Waals surface area contributed by atoms with Crippen LogP contribution in [-0.4, -0.2) is 54.5 Å². The molecule has 1 N–H and O–H groups in total. The van der Waals surface area contributed by atoms with Crippen LogP contribution in [0.25, 0.3) is 0 Å². The number of carbonyl (C=O) groups excluding carboxylic acids is 1. The fourth-order valence-corrected chi connectivity index (χ4v) is 3.95. The monoisotopic (exact) mass is 457 g/mol. The van der Waals surface area contributed by atoms with E-state index in [1.165, 1.54) is 19.2 Å². The van der Waals surface area contributed by atoms with Crippen LogP contribution in [0.5, 0.6) is 11.5 Å². The number of likely N-dealkylation sites (tertiary alicyclic amines) is 1. The first-order chi connectivity index (χ1) is 14.2. The minimum atomic E-state index is -5.08. The predicted molar refractivity (Wildman–Crippen MR) is 94.6 cm³/mol. The van der Waals surface area contributed by atoms with Crippen LogP contribution in [0.15, 0.2) is 18.2 Å². The summed E-state index contributed by atoms with van der Waals surface area (Å²) >= 11 is 0. The average Bonchev–Trinajstić information content (AvgIpc) is 2.96. The number of rotatable bonds is 3. The molecule has 1 heterocycles. The van der Waals surface area contributed by atoms with Crippen LogP contribution in [0.1, 0.15) is 37.3 Å². The van der Waals surface area contributed by atoms with Crippen LogP contribution < -0.4 is 9.47 Å². The maximum Gasteiger partial charge on any atom is 0.573 e. The maximum atomic E-state index is 12.6. The molecule has 0 radical (unpaired) electrons. The first-order valence-electron chi connectivity index (χ1n) is 9.20. The van der Waals surface area contributed by atoms with Gasteiger partial charge in [0.2, 0.25) is 0 Å². The molecule has 3 rings (SSSR count). The van der Waals surface area contributed by atoms with Gasteiger partial charge in [0, 0.05) is 24.9 Å². The lowest BCUT2D eigenvalue weighted by atomic mass is 9.83. The minimum Gasteiger partial charge on any atom is -0.493 e. The summed E-state index contributed by atoms with van der Waals surface area (Å²) in [4.78, 5) is 22.7.